The fraction of sp³-hybridized carbons (Fsp3) is 0.786. The third-order valence-corrected chi connectivity index (χ3v) is 9.02. The van der Waals surface area contributed by atoms with Gasteiger partial charge in [-0.25, -0.2) is 4.39 Å². The summed E-state index contributed by atoms with van der Waals surface area (Å²) in [6, 6.07) is 7.37. The maximum Gasteiger partial charge on any atom is 0.123 e. The molecule has 3 fully saturated rings. The van der Waals surface area contributed by atoms with E-state index in [-0.39, 0.29) is 5.82 Å². The Balaban J connectivity index is 1.21. The third-order valence-electron chi connectivity index (χ3n) is 9.02. The molecule has 0 bridgehead atoms. The minimum atomic E-state index is -0.0985. The van der Waals surface area contributed by atoms with Crippen LogP contribution in [0.2, 0.25) is 0 Å². The average molecular weight is 399 g/mol. The summed E-state index contributed by atoms with van der Waals surface area (Å²) in [6.07, 6.45) is 21.9. The van der Waals surface area contributed by atoms with Crippen molar-refractivity contribution < 1.29 is 4.39 Å². The molecule has 0 N–H and O–H groups in total. The molecule has 4 unspecified atom stereocenters. The zero-order valence-corrected chi connectivity index (χ0v) is 18.8. The van der Waals surface area contributed by atoms with Gasteiger partial charge in [0.05, 0.1) is 0 Å². The second-order valence-electron chi connectivity index (χ2n) is 10.8. The van der Waals surface area contributed by atoms with E-state index in [1.54, 1.807) is 12.1 Å². The zero-order valence-electron chi connectivity index (χ0n) is 18.8. The van der Waals surface area contributed by atoms with Crippen molar-refractivity contribution in [2.24, 2.45) is 29.6 Å². The Morgan fingerprint density at radius 3 is 2.03 bits per heavy atom. The van der Waals surface area contributed by atoms with E-state index in [0.29, 0.717) is 5.92 Å². The number of fused-ring (bicyclic) bond motifs is 1. The summed E-state index contributed by atoms with van der Waals surface area (Å²) >= 11 is 0. The van der Waals surface area contributed by atoms with Crippen molar-refractivity contribution in [2.45, 2.75) is 109 Å². The predicted octanol–water partition coefficient (Wildman–Crippen LogP) is 8.90. The molecule has 0 amide bonds. The molecule has 0 nitrogen and oxygen atoms in total. The lowest BCUT2D eigenvalue weighted by Gasteiger charge is -2.45. The minimum absolute atomic E-state index is 0.0985. The number of rotatable bonds is 7. The Hall–Kier alpha value is -0.850. The highest BCUT2D eigenvalue weighted by atomic mass is 19.1. The minimum Gasteiger partial charge on any atom is -0.207 e. The van der Waals surface area contributed by atoms with Gasteiger partial charge in [-0.1, -0.05) is 64.0 Å². The van der Waals surface area contributed by atoms with E-state index in [9.17, 15) is 4.39 Å². The van der Waals surface area contributed by atoms with Crippen molar-refractivity contribution in [3.05, 3.63) is 35.6 Å². The van der Waals surface area contributed by atoms with Crippen LogP contribution in [0.5, 0.6) is 0 Å². The zero-order chi connectivity index (χ0) is 20.1. The van der Waals surface area contributed by atoms with Crippen molar-refractivity contribution in [3.8, 4) is 0 Å². The lowest BCUT2D eigenvalue weighted by Crippen LogP contribution is -2.34. The highest BCUT2D eigenvalue weighted by Gasteiger charge is 2.39. The maximum absolute atomic E-state index is 13.3. The lowest BCUT2D eigenvalue weighted by molar-refractivity contribution is 0.0710. The van der Waals surface area contributed by atoms with E-state index in [2.05, 4.69) is 6.92 Å². The molecule has 0 saturated heterocycles. The van der Waals surface area contributed by atoms with Gasteiger partial charge in [0.25, 0.3) is 0 Å². The Morgan fingerprint density at radius 1 is 0.690 bits per heavy atom. The van der Waals surface area contributed by atoms with Crippen molar-refractivity contribution in [2.75, 3.05) is 0 Å². The fourth-order valence-electron chi connectivity index (χ4n) is 7.20. The molecule has 0 aliphatic heterocycles. The first-order valence-electron chi connectivity index (χ1n) is 13.0. The van der Waals surface area contributed by atoms with Crippen LogP contribution in [0, 0.1) is 35.4 Å². The van der Waals surface area contributed by atoms with E-state index >= 15 is 0 Å². The molecule has 29 heavy (non-hydrogen) atoms. The highest BCUT2D eigenvalue weighted by molar-refractivity contribution is 5.21. The molecule has 3 aliphatic rings. The average Bonchev–Trinajstić information content (AvgIpc) is 2.77. The van der Waals surface area contributed by atoms with Gasteiger partial charge < -0.3 is 0 Å². The molecule has 3 aliphatic carbocycles. The van der Waals surface area contributed by atoms with Gasteiger partial charge in [0.15, 0.2) is 0 Å². The van der Waals surface area contributed by atoms with Crippen LogP contribution in [0.25, 0.3) is 0 Å². The lowest BCUT2D eigenvalue weighted by atomic mass is 9.60. The molecule has 4 rings (SSSR count). The van der Waals surface area contributed by atoms with Gasteiger partial charge in [-0.15, -0.1) is 0 Å². The van der Waals surface area contributed by atoms with Crippen LogP contribution < -0.4 is 0 Å². The molecule has 1 aromatic rings. The van der Waals surface area contributed by atoms with Crippen LogP contribution in [0.3, 0.4) is 0 Å². The molecule has 0 spiro atoms. The van der Waals surface area contributed by atoms with Gasteiger partial charge in [0.2, 0.25) is 0 Å². The second-order valence-corrected chi connectivity index (χ2v) is 10.8. The van der Waals surface area contributed by atoms with Gasteiger partial charge in [-0.3, -0.25) is 0 Å². The third kappa shape index (κ3) is 5.65. The second kappa shape index (κ2) is 10.5. The number of unbranched alkanes of at least 4 members (excludes halogenated alkanes) is 3. The summed E-state index contributed by atoms with van der Waals surface area (Å²) in [5.41, 5.74) is 1.38. The molecular weight excluding hydrogens is 355 g/mol. The molecule has 0 aromatic heterocycles. The predicted molar refractivity (Wildman–Crippen MR) is 122 cm³/mol. The van der Waals surface area contributed by atoms with E-state index < -0.39 is 0 Å². The van der Waals surface area contributed by atoms with Gasteiger partial charge in [-0.05, 0) is 105 Å². The number of halogens is 1. The first-order valence-corrected chi connectivity index (χ1v) is 13.0. The fourth-order valence-corrected chi connectivity index (χ4v) is 7.20. The van der Waals surface area contributed by atoms with Crippen LogP contribution in [0.4, 0.5) is 4.39 Å². The van der Waals surface area contributed by atoms with Gasteiger partial charge >= 0.3 is 0 Å². The first-order chi connectivity index (χ1) is 14.2. The maximum atomic E-state index is 13.3. The van der Waals surface area contributed by atoms with Crippen LogP contribution in [0.1, 0.15) is 115 Å². The van der Waals surface area contributed by atoms with Gasteiger partial charge in [0, 0.05) is 0 Å². The molecular formula is C28H43F. The Labute approximate surface area is 179 Å². The first kappa shape index (κ1) is 21.4. The van der Waals surface area contributed by atoms with Crippen molar-refractivity contribution in [1.29, 1.82) is 0 Å². The Morgan fingerprint density at radius 2 is 1.31 bits per heavy atom. The van der Waals surface area contributed by atoms with E-state index in [1.165, 1.54) is 102 Å². The summed E-state index contributed by atoms with van der Waals surface area (Å²) in [7, 11) is 0. The standard InChI is InChI=1S/C28H43F/c1-2-3-4-5-6-21-7-9-22(10-8-21)24-11-13-27-20-25(12-14-26(27)19-24)23-15-17-28(29)18-16-23/h15-18,21-22,24-27H,2-14,19-20H2,1H3. The molecule has 0 heterocycles. The molecule has 4 atom stereocenters. The smallest absolute Gasteiger partial charge is 0.123 e. The van der Waals surface area contributed by atoms with Gasteiger partial charge in [0.1, 0.15) is 5.82 Å². The summed E-state index contributed by atoms with van der Waals surface area (Å²) in [4.78, 5) is 0. The van der Waals surface area contributed by atoms with Crippen molar-refractivity contribution in [3.63, 3.8) is 0 Å². The molecule has 1 aromatic carbocycles. The number of hydrogen-bond donors (Lipinski definition) is 0. The van der Waals surface area contributed by atoms with Crippen LogP contribution in [-0.4, -0.2) is 0 Å². The number of benzene rings is 1. The van der Waals surface area contributed by atoms with Crippen LogP contribution in [-0.2, 0) is 0 Å². The monoisotopic (exact) mass is 398 g/mol. The van der Waals surface area contributed by atoms with Crippen molar-refractivity contribution in [1.82, 2.24) is 0 Å². The Bertz CT molecular complexity index is 597. The van der Waals surface area contributed by atoms with E-state index in [1.807, 2.05) is 12.1 Å². The Kier molecular flexibility index (Phi) is 7.71. The quantitative estimate of drug-likeness (QED) is 0.402. The molecule has 162 valence electrons. The number of hydrogen-bond acceptors (Lipinski definition) is 0. The van der Waals surface area contributed by atoms with Crippen LogP contribution >= 0.6 is 0 Å². The summed E-state index contributed by atoms with van der Waals surface area (Å²) < 4.78 is 13.3. The summed E-state index contributed by atoms with van der Waals surface area (Å²) in [5.74, 6) is 5.61. The highest BCUT2D eigenvalue weighted by Crippen LogP contribution is 2.51. The van der Waals surface area contributed by atoms with E-state index in [4.69, 9.17) is 0 Å². The largest absolute Gasteiger partial charge is 0.207 e. The summed E-state index contributed by atoms with van der Waals surface area (Å²) in [5, 5.41) is 0. The molecule has 3 saturated carbocycles. The van der Waals surface area contributed by atoms with Gasteiger partial charge in [-0.2, -0.15) is 0 Å². The van der Waals surface area contributed by atoms with E-state index in [0.717, 1.165) is 29.6 Å². The topological polar surface area (TPSA) is 0 Å². The molecule has 1 heteroatoms. The van der Waals surface area contributed by atoms with Crippen LogP contribution in [0.15, 0.2) is 24.3 Å². The summed E-state index contributed by atoms with van der Waals surface area (Å²) in [6.45, 7) is 2.31. The van der Waals surface area contributed by atoms with Crippen molar-refractivity contribution >= 4 is 0 Å². The normalized spacial score (nSPS) is 35.2. The molecule has 0 radical (unpaired) electrons. The SMILES string of the molecule is CCCCCCC1CCC(C2CCC3CC(c4ccc(F)cc4)CCC3C2)CC1.